The van der Waals surface area contributed by atoms with E-state index in [1.807, 2.05) is 0 Å². The van der Waals surface area contributed by atoms with Gasteiger partial charge in [0, 0.05) is 32.2 Å². The van der Waals surface area contributed by atoms with Crippen molar-refractivity contribution in [3.63, 3.8) is 0 Å². The Hall–Kier alpha value is -0.0800. The van der Waals surface area contributed by atoms with Gasteiger partial charge < -0.3 is 5.32 Å². The maximum absolute atomic E-state index is 3.54. The molecule has 2 nitrogen and oxygen atoms in total. The van der Waals surface area contributed by atoms with E-state index in [-0.39, 0.29) is 0 Å². The molecule has 122 valence electrons. The highest BCUT2D eigenvalue weighted by Crippen LogP contribution is 2.34. The minimum Gasteiger partial charge on any atom is -0.314 e. The fourth-order valence-corrected chi connectivity index (χ4v) is 5.06. The van der Waals surface area contributed by atoms with Gasteiger partial charge >= 0.3 is 0 Å². The van der Waals surface area contributed by atoms with Gasteiger partial charge in [0.15, 0.2) is 0 Å². The zero-order valence-corrected chi connectivity index (χ0v) is 14.0. The molecule has 0 aromatic rings. The van der Waals surface area contributed by atoms with Crippen molar-refractivity contribution in [3.05, 3.63) is 0 Å². The Morgan fingerprint density at radius 3 is 1.67 bits per heavy atom. The van der Waals surface area contributed by atoms with E-state index in [0.29, 0.717) is 0 Å². The predicted octanol–water partition coefficient (Wildman–Crippen LogP) is 4.20. The zero-order valence-electron chi connectivity index (χ0n) is 14.0. The summed E-state index contributed by atoms with van der Waals surface area (Å²) in [6, 6.07) is 0.901. The monoisotopic (exact) mass is 292 g/mol. The van der Waals surface area contributed by atoms with E-state index >= 15 is 0 Å². The highest BCUT2D eigenvalue weighted by atomic mass is 15.2. The fourth-order valence-electron chi connectivity index (χ4n) is 5.06. The van der Waals surface area contributed by atoms with Gasteiger partial charge in [0.25, 0.3) is 0 Å². The Labute approximate surface area is 132 Å². The van der Waals surface area contributed by atoms with Crippen LogP contribution in [0.4, 0.5) is 0 Å². The molecule has 0 aromatic carbocycles. The molecule has 2 saturated carbocycles. The third kappa shape index (κ3) is 4.96. The maximum atomic E-state index is 3.54. The number of piperazine rings is 1. The lowest BCUT2D eigenvalue weighted by Gasteiger charge is -2.39. The van der Waals surface area contributed by atoms with E-state index in [1.165, 1.54) is 103 Å². The zero-order chi connectivity index (χ0) is 14.3. The first-order valence-electron chi connectivity index (χ1n) is 9.86. The molecule has 1 N–H and O–H groups in total. The minimum atomic E-state index is 0.901. The van der Waals surface area contributed by atoms with Crippen LogP contribution in [-0.2, 0) is 0 Å². The largest absolute Gasteiger partial charge is 0.314 e. The molecule has 1 saturated heterocycles. The molecule has 0 amide bonds. The standard InChI is InChI=1S/C19H36N2/c1-3-7-17(8-4-1)15-19(21-13-11-20-12-14-21)16-18-9-5-2-6-10-18/h17-20H,1-16H2. The fraction of sp³-hybridized carbons (Fsp3) is 1.00. The van der Waals surface area contributed by atoms with Crippen molar-refractivity contribution in [3.8, 4) is 0 Å². The molecule has 2 aliphatic carbocycles. The maximum Gasteiger partial charge on any atom is 0.0110 e. The number of hydrogen-bond acceptors (Lipinski definition) is 2. The summed E-state index contributed by atoms with van der Waals surface area (Å²) in [6.07, 6.45) is 18.1. The van der Waals surface area contributed by atoms with Crippen molar-refractivity contribution in [2.24, 2.45) is 11.8 Å². The molecule has 1 heterocycles. The number of nitrogens with one attached hydrogen (secondary N) is 1. The second-order valence-corrected chi connectivity index (χ2v) is 7.92. The Morgan fingerprint density at radius 1 is 0.714 bits per heavy atom. The summed E-state index contributed by atoms with van der Waals surface area (Å²) < 4.78 is 0. The average Bonchev–Trinajstić information content (AvgIpc) is 2.57. The van der Waals surface area contributed by atoms with Crippen molar-refractivity contribution in [2.75, 3.05) is 26.2 Å². The van der Waals surface area contributed by atoms with Gasteiger partial charge in [-0.15, -0.1) is 0 Å². The van der Waals surface area contributed by atoms with Crippen molar-refractivity contribution in [2.45, 2.75) is 83.1 Å². The van der Waals surface area contributed by atoms with Crippen LogP contribution >= 0.6 is 0 Å². The van der Waals surface area contributed by atoms with Gasteiger partial charge in [-0.1, -0.05) is 64.2 Å². The third-order valence-electron chi connectivity index (χ3n) is 6.33. The lowest BCUT2D eigenvalue weighted by atomic mass is 9.79. The molecule has 0 aromatic heterocycles. The molecule has 2 heteroatoms. The Morgan fingerprint density at radius 2 is 1.19 bits per heavy atom. The van der Waals surface area contributed by atoms with E-state index in [0.717, 1.165) is 17.9 Å². The highest BCUT2D eigenvalue weighted by molar-refractivity contribution is 4.83. The summed E-state index contributed by atoms with van der Waals surface area (Å²) in [7, 11) is 0. The van der Waals surface area contributed by atoms with Crippen LogP contribution in [0.15, 0.2) is 0 Å². The van der Waals surface area contributed by atoms with Crippen molar-refractivity contribution in [1.29, 1.82) is 0 Å². The normalized spacial score (nSPS) is 27.3. The Balaban J connectivity index is 1.55. The Bertz CT molecular complexity index is 253. The minimum absolute atomic E-state index is 0.901. The van der Waals surface area contributed by atoms with Crippen molar-refractivity contribution >= 4 is 0 Å². The lowest BCUT2D eigenvalue weighted by molar-refractivity contribution is 0.111. The third-order valence-corrected chi connectivity index (χ3v) is 6.33. The van der Waals surface area contributed by atoms with E-state index in [9.17, 15) is 0 Å². The first-order chi connectivity index (χ1) is 10.4. The molecule has 0 spiro atoms. The van der Waals surface area contributed by atoms with Gasteiger partial charge in [-0.3, -0.25) is 4.90 Å². The van der Waals surface area contributed by atoms with Crippen LogP contribution in [0.3, 0.4) is 0 Å². The van der Waals surface area contributed by atoms with Gasteiger partial charge in [-0.2, -0.15) is 0 Å². The summed E-state index contributed by atoms with van der Waals surface area (Å²) >= 11 is 0. The second kappa shape index (κ2) is 8.53. The summed E-state index contributed by atoms with van der Waals surface area (Å²) in [5.74, 6) is 2.09. The topological polar surface area (TPSA) is 15.3 Å². The molecular weight excluding hydrogens is 256 g/mol. The summed E-state index contributed by atoms with van der Waals surface area (Å²) in [5.41, 5.74) is 0. The molecule has 0 bridgehead atoms. The van der Waals surface area contributed by atoms with Crippen LogP contribution < -0.4 is 5.32 Å². The van der Waals surface area contributed by atoms with E-state index in [4.69, 9.17) is 0 Å². The summed E-state index contributed by atoms with van der Waals surface area (Å²) in [4.78, 5) is 2.85. The predicted molar refractivity (Wildman–Crippen MR) is 90.6 cm³/mol. The van der Waals surface area contributed by atoms with Crippen LogP contribution in [0.5, 0.6) is 0 Å². The summed E-state index contributed by atoms with van der Waals surface area (Å²) in [5, 5.41) is 3.54. The van der Waals surface area contributed by atoms with E-state index in [1.54, 1.807) is 0 Å². The van der Waals surface area contributed by atoms with Crippen LogP contribution in [0.25, 0.3) is 0 Å². The quantitative estimate of drug-likeness (QED) is 0.817. The Kier molecular flexibility index (Phi) is 6.42. The number of rotatable bonds is 5. The van der Waals surface area contributed by atoms with Gasteiger partial charge in [0.2, 0.25) is 0 Å². The molecule has 3 aliphatic rings. The molecule has 0 atom stereocenters. The molecule has 0 unspecified atom stereocenters. The molecular formula is C19H36N2. The summed E-state index contributed by atoms with van der Waals surface area (Å²) in [6.45, 7) is 5.02. The molecule has 1 aliphatic heterocycles. The molecule has 0 radical (unpaired) electrons. The highest BCUT2D eigenvalue weighted by Gasteiger charge is 2.27. The van der Waals surface area contributed by atoms with Crippen LogP contribution in [0.2, 0.25) is 0 Å². The van der Waals surface area contributed by atoms with Gasteiger partial charge in [-0.05, 0) is 24.7 Å². The van der Waals surface area contributed by atoms with Gasteiger partial charge in [0.1, 0.15) is 0 Å². The van der Waals surface area contributed by atoms with E-state index < -0.39 is 0 Å². The second-order valence-electron chi connectivity index (χ2n) is 7.92. The SMILES string of the molecule is C1CCC(CC(CC2CCCCC2)N2CCNCC2)CC1. The molecule has 21 heavy (non-hydrogen) atoms. The number of nitrogens with zero attached hydrogens (tertiary/aromatic N) is 1. The van der Waals surface area contributed by atoms with Crippen LogP contribution in [0, 0.1) is 11.8 Å². The van der Waals surface area contributed by atoms with Gasteiger partial charge in [0.05, 0.1) is 0 Å². The van der Waals surface area contributed by atoms with E-state index in [2.05, 4.69) is 10.2 Å². The van der Waals surface area contributed by atoms with Crippen LogP contribution in [0.1, 0.15) is 77.0 Å². The molecule has 3 rings (SSSR count). The van der Waals surface area contributed by atoms with Crippen LogP contribution in [-0.4, -0.2) is 37.1 Å². The number of hydrogen-bond donors (Lipinski definition) is 1. The van der Waals surface area contributed by atoms with Crippen molar-refractivity contribution < 1.29 is 0 Å². The average molecular weight is 293 g/mol. The smallest absolute Gasteiger partial charge is 0.0110 e. The first kappa shape index (κ1) is 15.8. The first-order valence-corrected chi connectivity index (χ1v) is 9.86. The lowest BCUT2D eigenvalue weighted by Crippen LogP contribution is -2.49. The van der Waals surface area contributed by atoms with Gasteiger partial charge in [-0.25, -0.2) is 0 Å². The molecule has 3 fully saturated rings. The van der Waals surface area contributed by atoms with Crippen molar-refractivity contribution in [1.82, 2.24) is 10.2 Å².